The van der Waals surface area contributed by atoms with Gasteiger partial charge in [-0.15, -0.1) is 0 Å². The van der Waals surface area contributed by atoms with Gasteiger partial charge >= 0.3 is 0 Å². The molecule has 0 spiro atoms. The Kier molecular flexibility index (Phi) is 4.75. The maximum Gasteiger partial charge on any atom is 0.139 e. The predicted molar refractivity (Wildman–Crippen MR) is 96.6 cm³/mol. The fraction of sp³-hybridized carbons (Fsp3) is 0.368. The Balaban J connectivity index is 1.72. The van der Waals surface area contributed by atoms with Gasteiger partial charge in [0.1, 0.15) is 12.5 Å². The second-order valence-corrected chi connectivity index (χ2v) is 7.41. The number of halogens is 2. The van der Waals surface area contributed by atoms with Crippen molar-refractivity contribution in [3.05, 3.63) is 69.7 Å². The highest BCUT2D eigenvalue weighted by atomic mass is 35.5. The van der Waals surface area contributed by atoms with E-state index in [2.05, 4.69) is 4.90 Å². The predicted octanol–water partition coefficient (Wildman–Crippen LogP) is 4.17. The summed E-state index contributed by atoms with van der Waals surface area (Å²) >= 11 is 12.0. The third kappa shape index (κ3) is 3.08. The van der Waals surface area contributed by atoms with Crippen LogP contribution in [0, 0.1) is 0 Å². The van der Waals surface area contributed by atoms with Gasteiger partial charge in [-0.25, -0.2) is 4.90 Å². The van der Waals surface area contributed by atoms with Gasteiger partial charge in [-0.3, -0.25) is 0 Å². The van der Waals surface area contributed by atoms with Crippen LogP contribution in [-0.2, 0) is 9.47 Å². The summed E-state index contributed by atoms with van der Waals surface area (Å²) in [5.74, 6) is 0. The number of hydrogen-bond donors (Lipinski definition) is 1. The number of aliphatic hydroxyl groups is 1. The first kappa shape index (κ1) is 17.3. The van der Waals surface area contributed by atoms with Crippen molar-refractivity contribution in [2.24, 2.45) is 0 Å². The molecule has 3 atom stereocenters. The minimum atomic E-state index is -0.330. The van der Waals surface area contributed by atoms with Crippen molar-refractivity contribution < 1.29 is 14.6 Å². The van der Waals surface area contributed by atoms with E-state index in [0.717, 1.165) is 11.1 Å². The van der Waals surface area contributed by atoms with E-state index in [1.165, 1.54) is 0 Å². The van der Waals surface area contributed by atoms with E-state index in [1.54, 1.807) is 0 Å². The highest BCUT2D eigenvalue weighted by Crippen LogP contribution is 2.50. The first-order valence-electron chi connectivity index (χ1n) is 8.26. The molecule has 0 saturated carbocycles. The number of rotatable bonds is 4. The number of aliphatic hydroxyl groups excluding tert-OH is 1. The van der Waals surface area contributed by atoms with E-state index in [4.69, 9.17) is 32.7 Å². The van der Waals surface area contributed by atoms with Crippen molar-refractivity contribution in [3.8, 4) is 0 Å². The molecular formula is C19H19Cl2NO3. The molecule has 1 N–H and O–H groups in total. The van der Waals surface area contributed by atoms with Gasteiger partial charge < -0.3 is 14.6 Å². The molecule has 25 heavy (non-hydrogen) atoms. The normalized spacial score (nSPS) is 29.1. The number of fused-ring (bicyclic) bond motifs is 1. The summed E-state index contributed by atoms with van der Waals surface area (Å²) in [6, 6.07) is 15.3. The zero-order chi connectivity index (χ0) is 17.4. The summed E-state index contributed by atoms with van der Waals surface area (Å²) in [4.78, 5) is 2.23. The molecule has 2 aliphatic rings. The van der Waals surface area contributed by atoms with Gasteiger partial charge in [0.05, 0.1) is 18.8 Å². The second kappa shape index (κ2) is 6.88. The maximum absolute atomic E-state index is 9.58. The molecule has 0 aromatic heterocycles. The first-order valence-corrected chi connectivity index (χ1v) is 9.02. The number of benzene rings is 2. The van der Waals surface area contributed by atoms with Gasteiger partial charge in [-0.05, 0) is 41.8 Å². The van der Waals surface area contributed by atoms with Crippen LogP contribution in [0.4, 0.5) is 0 Å². The molecule has 4 rings (SSSR count). The Morgan fingerprint density at radius 2 is 1.32 bits per heavy atom. The fourth-order valence-electron chi connectivity index (χ4n) is 3.69. The van der Waals surface area contributed by atoms with E-state index in [0.29, 0.717) is 29.7 Å². The molecule has 2 unspecified atom stereocenters. The van der Waals surface area contributed by atoms with Crippen LogP contribution in [0.15, 0.2) is 48.5 Å². The summed E-state index contributed by atoms with van der Waals surface area (Å²) < 4.78 is 12.3. The molecule has 2 aromatic carbocycles. The summed E-state index contributed by atoms with van der Waals surface area (Å²) in [6.45, 7) is 1.12. The quantitative estimate of drug-likeness (QED) is 0.865. The summed E-state index contributed by atoms with van der Waals surface area (Å²) in [6.07, 6.45) is 0.111. The molecule has 2 fully saturated rings. The Morgan fingerprint density at radius 3 is 1.72 bits per heavy atom. The third-order valence-corrected chi connectivity index (χ3v) is 5.46. The Bertz CT molecular complexity index is 678. The first-order chi connectivity index (χ1) is 12.1. The Morgan fingerprint density at radius 1 is 0.880 bits per heavy atom. The average molecular weight is 380 g/mol. The SMILES string of the molecule is OCCC12COC(c3ccc(Cl)cc3)N1[C@H](c1ccc(Cl)cc1)OC2. The molecule has 0 bridgehead atoms. The van der Waals surface area contributed by atoms with E-state index in [9.17, 15) is 5.11 Å². The van der Waals surface area contributed by atoms with E-state index >= 15 is 0 Å². The van der Waals surface area contributed by atoms with Crippen LogP contribution in [-0.4, -0.2) is 35.4 Å². The van der Waals surface area contributed by atoms with Crippen LogP contribution in [0.5, 0.6) is 0 Å². The number of hydrogen-bond acceptors (Lipinski definition) is 4. The molecule has 0 radical (unpaired) electrons. The monoisotopic (exact) mass is 379 g/mol. The van der Waals surface area contributed by atoms with Crippen molar-refractivity contribution in [2.45, 2.75) is 24.4 Å². The van der Waals surface area contributed by atoms with Crippen LogP contribution in [0.1, 0.15) is 30.0 Å². The van der Waals surface area contributed by atoms with E-state index in [-0.39, 0.29) is 24.6 Å². The maximum atomic E-state index is 9.58. The molecule has 4 nitrogen and oxygen atoms in total. The topological polar surface area (TPSA) is 41.9 Å². The molecule has 132 valence electrons. The summed E-state index contributed by atoms with van der Waals surface area (Å²) in [5, 5.41) is 11.0. The molecule has 2 aromatic rings. The van der Waals surface area contributed by atoms with Gasteiger partial charge in [0, 0.05) is 16.7 Å². The molecular weight excluding hydrogens is 361 g/mol. The minimum absolute atomic E-state index is 0.0872. The van der Waals surface area contributed by atoms with Crippen molar-refractivity contribution >= 4 is 23.2 Å². The standard InChI is InChI=1S/C19H19Cl2NO3/c20-15-5-1-13(2-6-15)17-22-18(14-3-7-16(21)8-4-14)25-12-19(22,9-10-23)11-24-17/h1-8,17-18,23H,9-12H2/t17-,18?,19?/m0/s1. The zero-order valence-electron chi connectivity index (χ0n) is 13.6. The highest BCUT2D eigenvalue weighted by Gasteiger charge is 2.56. The van der Waals surface area contributed by atoms with Crippen LogP contribution in [0.3, 0.4) is 0 Å². The zero-order valence-corrected chi connectivity index (χ0v) is 15.1. The largest absolute Gasteiger partial charge is 0.396 e. The molecule has 6 heteroatoms. The Hall–Kier alpha value is -1.14. The van der Waals surface area contributed by atoms with Crippen molar-refractivity contribution in [2.75, 3.05) is 19.8 Å². The lowest BCUT2D eigenvalue weighted by molar-refractivity contribution is -0.0623. The molecule has 2 heterocycles. The van der Waals surface area contributed by atoms with Gasteiger partial charge in [-0.1, -0.05) is 47.5 Å². The highest BCUT2D eigenvalue weighted by molar-refractivity contribution is 6.30. The van der Waals surface area contributed by atoms with Crippen molar-refractivity contribution in [1.29, 1.82) is 0 Å². The van der Waals surface area contributed by atoms with Gasteiger partial charge in [0.2, 0.25) is 0 Å². The van der Waals surface area contributed by atoms with Gasteiger partial charge in [0.15, 0.2) is 0 Å². The van der Waals surface area contributed by atoms with Gasteiger partial charge in [0.25, 0.3) is 0 Å². The lowest BCUT2D eigenvalue weighted by Gasteiger charge is -2.34. The molecule has 2 aliphatic heterocycles. The Labute approximate surface area is 156 Å². The van der Waals surface area contributed by atoms with E-state index < -0.39 is 0 Å². The minimum Gasteiger partial charge on any atom is -0.396 e. The van der Waals surface area contributed by atoms with Crippen molar-refractivity contribution in [1.82, 2.24) is 4.90 Å². The number of nitrogens with zero attached hydrogens (tertiary/aromatic N) is 1. The summed E-state index contributed by atoms with van der Waals surface area (Å²) in [5.41, 5.74) is 1.71. The van der Waals surface area contributed by atoms with Crippen LogP contribution in [0.2, 0.25) is 10.0 Å². The van der Waals surface area contributed by atoms with Crippen molar-refractivity contribution in [3.63, 3.8) is 0 Å². The van der Waals surface area contributed by atoms with Crippen LogP contribution < -0.4 is 0 Å². The third-order valence-electron chi connectivity index (χ3n) is 4.96. The molecule has 0 amide bonds. The lowest BCUT2D eigenvalue weighted by Crippen LogP contribution is -2.45. The van der Waals surface area contributed by atoms with Crippen LogP contribution in [0.25, 0.3) is 0 Å². The average Bonchev–Trinajstić information content (AvgIpc) is 3.14. The fourth-order valence-corrected chi connectivity index (χ4v) is 3.94. The number of ether oxygens (including phenoxy) is 2. The second-order valence-electron chi connectivity index (χ2n) is 6.54. The van der Waals surface area contributed by atoms with Crippen LogP contribution >= 0.6 is 23.2 Å². The molecule has 2 saturated heterocycles. The summed E-state index contributed by atoms with van der Waals surface area (Å²) in [7, 11) is 0. The van der Waals surface area contributed by atoms with Gasteiger partial charge in [-0.2, -0.15) is 0 Å². The molecule has 0 aliphatic carbocycles. The smallest absolute Gasteiger partial charge is 0.139 e. The lowest BCUT2D eigenvalue weighted by atomic mass is 9.96. The van der Waals surface area contributed by atoms with E-state index in [1.807, 2.05) is 48.5 Å².